The van der Waals surface area contributed by atoms with Crippen molar-refractivity contribution in [1.82, 2.24) is 9.97 Å². The summed E-state index contributed by atoms with van der Waals surface area (Å²) in [6, 6.07) is 67.0. The van der Waals surface area contributed by atoms with E-state index in [1.54, 1.807) is 0 Å². The van der Waals surface area contributed by atoms with Crippen LogP contribution in [0.5, 0.6) is 0 Å². The van der Waals surface area contributed by atoms with Crippen LogP contribution in [0.1, 0.15) is 5.56 Å². The largest absolute Gasteiger partial charge is 0.455 e. The van der Waals surface area contributed by atoms with E-state index < -0.39 is 0 Å². The minimum absolute atomic E-state index is 0.604. The van der Waals surface area contributed by atoms with E-state index in [9.17, 15) is 5.26 Å². The average Bonchev–Trinajstić information content (AvgIpc) is 3.66. The maximum absolute atomic E-state index is 9.95. The van der Waals surface area contributed by atoms with Crippen molar-refractivity contribution in [3.8, 4) is 73.4 Å². The molecule has 10 aromatic rings. The lowest BCUT2D eigenvalue weighted by Gasteiger charge is -2.12. The second-order valence-electron chi connectivity index (χ2n) is 13.7. The molecule has 0 unspecified atom stereocenters. The van der Waals surface area contributed by atoms with Crippen LogP contribution in [0, 0.1) is 11.3 Å². The lowest BCUT2D eigenvalue weighted by Crippen LogP contribution is -1.96. The molecule has 0 N–H and O–H groups in total. The van der Waals surface area contributed by atoms with Crippen LogP contribution < -0.4 is 0 Å². The lowest BCUT2D eigenvalue weighted by molar-refractivity contribution is 0.672. The van der Waals surface area contributed by atoms with Crippen molar-refractivity contribution in [2.24, 2.45) is 0 Å². The first kappa shape index (κ1) is 32.1. The summed E-state index contributed by atoms with van der Waals surface area (Å²) in [4.78, 5) is 10.3. The first-order valence-electron chi connectivity index (χ1n) is 18.3. The van der Waals surface area contributed by atoms with Crippen LogP contribution in [0.15, 0.2) is 192 Å². The zero-order chi connectivity index (χ0) is 36.7. The predicted octanol–water partition coefficient (Wildman–Crippen LogP) is 13.4. The normalized spacial score (nSPS) is 11.3. The fourth-order valence-corrected chi connectivity index (χ4v) is 7.58. The molecule has 4 nitrogen and oxygen atoms in total. The fraction of sp³-hybridized carbons (Fsp3) is 0. The summed E-state index contributed by atoms with van der Waals surface area (Å²) in [7, 11) is 0. The Labute approximate surface area is 318 Å². The van der Waals surface area contributed by atoms with E-state index in [1.807, 2.05) is 36.4 Å². The molecule has 10 rings (SSSR count). The summed E-state index contributed by atoms with van der Waals surface area (Å²) in [6.45, 7) is 0. The van der Waals surface area contributed by atoms with E-state index in [0.717, 1.165) is 77.5 Å². The zero-order valence-corrected chi connectivity index (χ0v) is 29.6. The molecule has 0 saturated carbocycles. The van der Waals surface area contributed by atoms with Gasteiger partial charge in [-0.2, -0.15) is 5.26 Å². The van der Waals surface area contributed by atoms with Crippen LogP contribution in [0.2, 0.25) is 0 Å². The van der Waals surface area contributed by atoms with Gasteiger partial charge in [0, 0.05) is 32.8 Å². The molecule has 0 radical (unpaired) electrons. The van der Waals surface area contributed by atoms with E-state index in [-0.39, 0.29) is 0 Å². The second kappa shape index (κ2) is 13.4. The van der Waals surface area contributed by atoms with E-state index in [1.165, 1.54) is 11.1 Å². The van der Waals surface area contributed by atoms with Crippen LogP contribution in [0.3, 0.4) is 0 Å². The molecule has 0 bridgehead atoms. The third kappa shape index (κ3) is 5.81. The molecule has 0 spiro atoms. The third-order valence-corrected chi connectivity index (χ3v) is 10.4. The van der Waals surface area contributed by atoms with Crippen molar-refractivity contribution >= 4 is 32.7 Å². The Morgan fingerprint density at radius 1 is 0.400 bits per heavy atom. The summed E-state index contributed by atoms with van der Waals surface area (Å²) in [6.07, 6.45) is 0. The Hall–Kier alpha value is -7.61. The fourth-order valence-electron chi connectivity index (χ4n) is 7.58. The maximum Gasteiger partial charge on any atom is 0.160 e. The molecule has 8 aromatic carbocycles. The molecule has 4 heteroatoms. The van der Waals surface area contributed by atoms with E-state index in [4.69, 9.17) is 14.4 Å². The molecule has 256 valence electrons. The number of hydrogen-bond donors (Lipinski definition) is 0. The SMILES string of the molecule is N#Cc1cccc2oc3c4ccccc4c(-c4ccc(-c5cc(-c6ccc(-c7ccccc7)cc6)nc(-c6ccc(-c7ccccc7)cc6)n5)cc4)cc3c12. The quantitative estimate of drug-likeness (QED) is 0.173. The highest BCUT2D eigenvalue weighted by atomic mass is 16.3. The Kier molecular flexibility index (Phi) is 7.83. The third-order valence-electron chi connectivity index (χ3n) is 10.4. The average molecular weight is 702 g/mol. The molecule has 0 aliphatic carbocycles. The lowest BCUT2D eigenvalue weighted by atomic mass is 9.94. The number of nitriles is 1. The molecule has 0 saturated heterocycles. The van der Waals surface area contributed by atoms with Gasteiger partial charge >= 0.3 is 0 Å². The zero-order valence-electron chi connectivity index (χ0n) is 29.6. The number of aromatic nitrogens is 2. The molecule has 0 fully saturated rings. The Balaban J connectivity index is 1.08. The summed E-state index contributed by atoms with van der Waals surface area (Å²) >= 11 is 0. The molecular weight excluding hydrogens is 671 g/mol. The second-order valence-corrected chi connectivity index (χ2v) is 13.7. The minimum atomic E-state index is 0.604. The first-order valence-corrected chi connectivity index (χ1v) is 18.3. The van der Waals surface area contributed by atoms with Crippen molar-refractivity contribution in [1.29, 1.82) is 5.26 Å². The van der Waals surface area contributed by atoms with Gasteiger partial charge in [0.15, 0.2) is 5.82 Å². The van der Waals surface area contributed by atoms with Gasteiger partial charge in [-0.3, -0.25) is 0 Å². The topological polar surface area (TPSA) is 62.7 Å². The smallest absolute Gasteiger partial charge is 0.160 e. The van der Waals surface area contributed by atoms with Gasteiger partial charge in [-0.25, -0.2) is 9.97 Å². The molecule has 2 heterocycles. The number of rotatable bonds is 6. The van der Waals surface area contributed by atoms with Crippen molar-refractivity contribution in [3.05, 3.63) is 194 Å². The Morgan fingerprint density at radius 3 is 1.47 bits per heavy atom. The molecule has 0 aliphatic heterocycles. The highest BCUT2D eigenvalue weighted by Crippen LogP contribution is 2.41. The highest BCUT2D eigenvalue weighted by molar-refractivity contribution is 6.20. The number of hydrogen-bond acceptors (Lipinski definition) is 4. The molecule has 0 amide bonds. The summed E-state index contributed by atoms with van der Waals surface area (Å²) in [5, 5.41) is 13.8. The predicted molar refractivity (Wildman–Crippen MR) is 224 cm³/mol. The van der Waals surface area contributed by atoms with E-state index in [2.05, 4.69) is 158 Å². The molecular formula is C51H31N3O. The molecule has 2 aromatic heterocycles. The Bertz CT molecular complexity index is 2950. The summed E-state index contributed by atoms with van der Waals surface area (Å²) in [5.41, 5.74) is 13.5. The van der Waals surface area contributed by atoms with Gasteiger partial charge in [-0.1, -0.05) is 164 Å². The van der Waals surface area contributed by atoms with Gasteiger partial charge < -0.3 is 4.42 Å². The van der Waals surface area contributed by atoms with Crippen LogP contribution in [-0.4, -0.2) is 9.97 Å². The number of nitrogens with zero attached hydrogens (tertiary/aromatic N) is 3. The van der Waals surface area contributed by atoms with Crippen LogP contribution >= 0.6 is 0 Å². The van der Waals surface area contributed by atoms with Crippen LogP contribution in [0.4, 0.5) is 0 Å². The van der Waals surface area contributed by atoms with Gasteiger partial charge in [0.05, 0.1) is 23.0 Å². The monoisotopic (exact) mass is 701 g/mol. The first-order chi connectivity index (χ1) is 27.2. The van der Waals surface area contributed by atoms with Gasteiger partial charge in [-0.15, -0.1) is 0 Å². The van der Waals surface area contributed by atoms with Gasteiger partial charge in [0.1, 0.15) is 11.2 Å². The van der Waals surface area contributed by atoms with E-state index in [0.29, 0.717) is 17.0 Å². The summed E-state index contributed by atoms with van der Waals surface area (Å²) in [5.74, 6) is 0.667. The molecule has 0 atom stereocenters. The number of furan rings is 1. The van der Waals surface area contributed by atoms with Crippen molar-refractivity contribution < 1.29 is 4.42 Å². The molecule has 55 heavy (non-hydrogen) atoms. The molecule has 0 aliphatic rings. The number of benzene rings is 8. The van der Waals surface area contributed by atoms with Crippen molar-refractivity contribution in [2.45, 2.75) is 0 Å². The van der Waals surface area contributed by atoms with Crippen LogP contribution in [0.25, 0.3) is 100.0 Å². The van der Waals surface area contributed by atoms with Gasteiger partial charge in [-0.05, 0) is 63.0 Å². The summed E-state index contributed by atoms with van der Waals surface area (Å²) < 4.78 is 6.36. The van der Waals surface area contributed by atoms with Crippen molar-refractivity contribution in [2.75, 3.05) is 0 Å². The number of fused-ring (bicyclic) bond motifs is 5. The van der Waals surface area contributed by atoms with E-state index >= 15 is 0 Å². The highest BCUT2D eigenvalue weighted by Gasteiger charge is 2.18. The Morgan fingerprint density at radius 2 is 0.891 bits per heavy atom. The maximum atomic E-state index is 9.95. The van der Waals surface area contributed by atoms with Crippen LogP contribution in [-0.2, 0) is 0 Å². The van der Waals surface area contributed by atoms with Gasteiger partial charge in [0.2, 0.25) is 0 Å². The van der Waals surface area contributed by atoms with Crippen molar-refractivity contribution in [3.63, 3.8) is 0 Å². The standard InChI is InChI=1S/C51H31N3O/c52-32-41-14-9-17-48-49(41)45-30-44(42-15-7-8-16-43(42)50(45)55-48)37-22-26-39(27-23-37)47-31-46(38-24-18-35(19-25-38)33-10-3-1-4-11-33)53-51(54-47)40-28-20-36(21-29-40)34-12-5-2-6-13-34/h1-31H. The minimum Gasteiger partial charge on any atom is -0.455 e. The van der Waals surface area contributed by atoms with Gasteiger partial charge in [0.25, 0.3) is 0 Å².